The van der Waals surface area contributed by atoms with Gasteiger partial charge in [-0.1, -0.05) is 23.7 Å². The van der Waals surface area contributed by atoms with Gasteiger partial charge in [-0.25, -0.2) is 9.18 Å². The number of hydrogen-bond donors (Lipinski definition) is 0. The van der Waals surface area contributed by atoms with Crippen LogP contribution in [-0.2, 0) is 21.0 Å². The third-order valence-electron chi connectivity index (χ3n) is 4.24. The number of fused-ring (bicyclic) bond motifs is 1. The highest BCUT2D eigenvalue weighted by molar-refractivity contribution is 6.39. The number of carbonyl (C=O) groups is 2. The summed E-state index contributed by atoms with van der Waals surface area (Å²) in [4.78, 5) is 24.6. The zero-order chi connectivity index (χ0) is 18.4. The SMILES string of the molecule is COC(=O)c1ccc2c(c1)N(Cc1c(F)cccc1Cl)C(=O)C2(C)Cl. The molecule has 0 spiro atoms. The Balaban J connectivity index is 2.10. The van der Waals surface area contributed by atoms with Crippen LogP contribution in [0.3, 0.4) is 0 Å². The molecule has 0 fully saturated rings. The van der Waals surface area contributed by atoms with Crippen LogP contribution in [0.2, 0.25) is 5.02 Å². The summed E-state index contributed by atoms with van der Waals surface area (Å²) in [6.45, 7) is 1.47. The van der Waals surface area contributed by atoms with E-state index in [0.29, 0.717) is 11.3 Å². The van der Waals surface area contributed by atoms with Gasteiger partial charge in [0.1, 0.15) is 10.7 Å². The Morgan fingerprint density at radius 2 is 2.04 bits per heavy atom. The number of amides is 1. The molecule has 1 atom stereocenters. The van der Waals surface area contributed by atoms with Gasteiger partial charge in [-0.15, -0.1) is 11.6 Å². The summed E-state index contributed by atoms with van der Waals surface area (Å²) in [5, 5.41) is 0.210. The van der Waals surface area contributed by atoms with E-state index >= 15 is 0 Å². The molecule has 0 bridgehead atoms. The molecule has 130 valence electrons. The molecule has 4 nitrogen and oxygen atoms in total. The van der Waals surface area contributed by atoms with Gasteiger partial charge < -0.3 is 9.64 Å². The highest BCUT2D eigenvalue weighted by Gasteiger charge is 2.46. The molecule has 0 radical (unpaired) electrons. The van der Waals surface area contributed by atoms with Crippen molar-refractivity contribution in [3.8, 4) is 0 Å². The summed E-state index contributed by atoms with van der Waals surface area (Å²) in [6, 6.07) is 8.97. The van der Waals surface area contributed by atoms with Crippen LogP contribution in [0, 0.1) is 5.82 Å². The summed E-state index contributed by atoms with van der Waals surface area (Å²) in [5.41, 5.74) is 1.43. The number of methoxy groups -OCH3 is 1. The molecule has 1 unspecified atom stereocenters. The van der Waals surface area contributed by atoms with Crippen LogP contribution in [0.5, 0.6) is 0 Å². The summed E-state index contributed by atoms with van der Waals surface area (Å²) in [6.07, 6.45) is 0. The predicted molar refractivity (Wildman–Crippen MR) is 93.6 cm³/mol. The van der Waals surface area contributed by atoms with Crippen LogP contribution in [0.25, 0.3) is 0 Å². The van der Waals surface area contributed by atoms with Crippen molar-refractivity contribution in [2.75, 3.05) is 12.0 Å². The Morgan fingerprint density at radius 3 is 2.68 bits per heavy atom. The lowest BCUT2D eigenvalue weighted by Gasteiger charge is -2.20. The number of anilines is 1. The molecule has 0 saturated carbocycles. The molecule has 0 aliphatic carbocycles. The highest BCUT2D eigenvalue weighted by Crippen LogP contribution is 2.46. The van der Waals surface area contributed by atoms with E-state index in [1.807, 2.05) is 0 Å². The molecule has 1 aliphatic heterocycles. The van der Waals surface area contributed by atoms with Crippen LogP contribution in [0.1, 0.15) is 28.4 Å². The number of hydrogen-bond acceptors (Lipinski definition) is 3. The first-order valence-electron chi connectivity index (χ1n) is 7.44. The maximum Gasteiger partial charge on any atom is 0.337 e. The first kappa shape index (κ1) is 17.7. The average molecular weight is 382 g/mol. The van der Waals surface area contributed by atoms with Crippen molar-refractivity contribution in [3.63, 3.8) is 0 Å². The van der Waals surface area contributed by atoms with E-state index in [9.17, 15) is 14.0 Å². The fourth-order valence-electron chi connectivity index (χ4n) is 2.87. The lowest BCUT2D eigenvalue weighted by molar-refractivity contribution is -0.120. The van der Waals surface area contributed by atoms with Crippen LogP contribution >= 0.6 is 23.2 Å². The Hall–Kier alpha value is -2.11. The second kappa shape index (κ2) is 6.32. The van der Waals surface area contributed by atoms with Crippen molar-refractivity contribution in [3.05, 3.63) is 63.9 Å². The monoisotopic (exact) mass is 381 g/mol. The zero-order valence-corrected chi connectivity index (χ0v) is 15.0. The lowest BCUT2D eigenvalue weighted by Crippen LogP contribution is -2.34. The van der Waals surface area contributed by atoms with Gasteiger partial charge in [0.05, 0.1) is 24.9 Å². The average Bonchev–Trinajstić information content (AvgIpc) is 2.77. The molecule has 0 N–H and O–H groups in total. The van der Waals surface area contributed by atoms with E-state index in [2.05, 4.69) is 0 Å². The number of halogens is 3. The van der Waals surface area contributed by atoms with E-state index in [1.165, 1.54) is 36.3 Å². The second-order valence-electron chi connectivity index (χ2n) is 5.82. The molecule has 7 heteroatoms. The number of esters is 1. The highest BCUT2D eigenvalue weighted by atomic mass is 35.5. The molecule has 1 aliphatic rings. The maximum absolute atomic E-state index is 14.1. The molecule has 2 aromatic carbocycles. The predicted octanol–water partition coefficient (Wildman–Crippen LogP) is 4.27. The maximum atomic E-state index is 14.1. The smallest absolute Gasteiger partial charge is 0.337 e. The fourth-order valence-corrected chi connectivity index (χ4v) is 3.36. The molecule has 2 aromatic rings. The van der Waals surface area contributed by atoms with Crippen molar-refractivity contribution in [1.82, 2.24) is 0 Å². The molecule has 0 aromatic heterocycles. The number of benzene rings is 2. The number of ether oxygens (including phenoxy) is 1. The largest absolute Gasteiger partial charge is 0.465 e. The molecule has 25 heavy (non-hydrogen) atoms. The molecule has 1 amide bonds. The summed E-state index contributed by atoms with van der Waals surface area (Å²) >= 11 is 12.5. The van der Waals surface area contributed by atoms with Gasteiger partial charge in [-0.2, -0.15) is 0 Å². The first-order chi connectivity index (χ1) is 11.8. The van der Waals surface area contributed by atoms with Crippen LogP contribution in [-0.4, -0.2) is 19.0 Å². The molecular formula is C18H14Cl2FNO3. The van der Waals surface area contributed by atoms with Crippen molar-refractivity contribution in [1.29, 1.82) is 0 Å². The van der Waals surface area contributed by atoms with E-state index in [1.54, 1.807) is 19.1 Å². The third kappa shape index (κ3) is 2.87. The van der Waals surface area contributed by atoms with E-state index < -0.39 is 22.6 Å². The second-order valence-corrected chi connectivity index (χ2v) is 6.98. The van der Waals surface area contributed by atoms with Gasteiger partial charge in [0.2, 0.25) is 0 Å². The normalized spacial score (nSPS) is 19.1. The van der Waals surface area contributed by atoms with E-state index in [0.717, 1.165) is 0 Å². The summed E-state index contributed by atoms with van der Waals surface area (Å²) in [7, 11) is 1.27. The Bertz CT molecular complexity index is 862. The van der Waals surface area contributed by atoms with Gasteiger partial charge >= 0.3 is 5.97 Å². The van der Waals surface area contributed by atoms with Crippen molar-refractivity contribution >= 4 is 40.8 Å². The standard InChI is InChI=1S/C18H14Cl2FNO3/c1-18(20)12-7-6-10(16(23)25-2)8-15(12)22(17(18)24)9-11-13(19)4-3-5-14(11)21/h3-8H,9H2,1-2H3. The van der Waals surface area contributed by atoms with E-state index in [4.69, 9.17) is 27.9 Å². The zero-order valence-electron chi connectivity index (χ0n) is 13.5. The quantitative estimate of drug-likeness (QED) is 0.589. The Labute approximate surface area is 154 Å². The Kier molecular flexibility index (Phi) is 4.47. The third-order valence-corrected chi connectivity index (χ3v) is 4.96. The minimum Gasteiger partial charge on any atom is -0.465 e. The van der Waals surface area contributed by atoms with Crippen molar-refractivity contribution in [2.45, 2.75) is 18.3 Å². The van der Waals surface area contributed by atoms with Crippen molar-refractivity contribution < 1.29 is 18.7 Å². The molecule has 3 rings (SSSR count). The van der Waals surface area contributed by atoms with E-state index in [-0.39, 0.29) is 22.7 Å². The number of alkyl halides is 1. The van der Waals surface area contributed by atoms with Gasteiger partial charge in [-0.05, 0) is 31.2 Å². The topological polar surface area (TPSA) is 46.6 Å². The fraction of sp³-hybridized carbons (Fsp3) is 0.222. The molecular weight excluding hydrogens is 368 g/mol. The van der Waals surface area contributed by atoms with Gasteiger partial charge in [-0.3, -0.25) is 4.79 Å². The van der Waals surface area contributed by atoms with Crippen LogP contribution < -0.4 is 4.90 Å². The van der Waals surface area contributed by atoms with Crippen LogP contribution in [0.4, 0.5) is 10.1 Å². The Morgan fingerprint density at radius 1 is 1.32 bits per heavy atom. The van der Waals surface area contributed by atoms with Crippen LogP contribution in [0.15, 0.2) is 36.4 Å². The lowest BCUT2D eigenvalue weighted by atomic mass is 10.0. The van der Waals surface area contributed by atoms with Gasteiger partial charge in [0, 0.05) is 16.1 Å². The van der Waals surface area contributed by atoms with Crippen molar-refractivity contribution in [2.24, 2.45) is 0 Å². The number of rotatable bonds is 3. The summed E-state index contributed by atoms with van der Waals surface area (Å²) in [5.74, 6) is -1.47. The van der Waals surface area contributed by atoms with Gasteiger partial charge in [0.15, 0.2) is 0 Å². The van der Waals surface area contributed by atoms with Gasteiger partial charge in [0.25, 0.3) is 5.91 Å². The minimum absolute atomic E-state index is 0.0930. The first-order valence-corrected chi connectivity index (χ1v) is 8.19. The molecule has 1 heterocycles. The number of carbonyl (C=O) groups excluding carboxylic acids is 2. The number of nitrogens with zero attached hydrogens (tertiary/aromatic N) is 1. The summed E-state index contributed by atoms with van der Waals surface area (Å²) < 4.78 is 18.8. The molecule has 0 saturated heterocycles. The minimum atomic E-state index is -1.30.